The standard InChI is InChI=1S/C25H26F3N5O3.C2H6O6S2/c1-36-17-4-2-15(3-5-17)24(8-10-25(27,28)11-9-24)23(35)33-14-16(26)12-20(33)22(34)31-21-7-6-18-19(30-21)13-29-32-18;3-9(4,5)1-2-10(6,7)8/h2-7,13,16,20H,8-12,14H2,1H3,(H,29,32)(H,30,31,34);1-2H2,(H,3,4,5)(H,6,7,8)/t16-,20-;/m1./s1. The Labute approximate surface area is 262 Å². The maximum atomic E-state index is 14.6. The topological polar surface area (TPSA) is 209 Å². The molecule has 3 heterocycles. The van der Waals surface area contributed by atoms with Crippen molar-refractivity contribution in [3.8, 4) is 5.75 Å². The molecule has 5 rings (SSSR count). The zero-order chi connectivity index (χ0) is 33.9. The number of halogens is 3. The number of carbonyl (C=O) groups is 2. The molecular formula is C27H32F3N5O9S2. The molecule has 0 unspecified atom stereocenters. The summed E-state index contributed by atoms with van der Waals surface area (Å²) < 4.78 is 103. The summed E-state index contributed by atoms with van der Waals surface area (Å²) in [7, 11) is -7.09. The van der Waals surface area contributed by atoms with Crippen molar-refractivity contribution in [1.29, 1.82) is 0 Å². The lowest BCUT2D eigenvalue weighted by Crippen LogP contribution is -2.54. The molecule has 252 valence electrons. The second-order valence-electron chi connectivity index (χ2n) is 11.0. The molecule has 1 saturated carbocycles. The van der Waals surface area contributed by atoms with Crippen LogP contribution in [0.25, 0.3) is 11.0 Å². The number of nitrogens with zero attached hydrogens (tertiary/aromatic N) is 3. The average molecular weight is 692 g/mol. The quantitative estimate of drug-likeness (QED) is 0.253. The summed E-state index contributed by atoms with van der Waals surface area (Å²) in [4.78, 5) is 32.7. The van der Waals surface area contributed by atoms with Crippen LogP contribution < -0.4 is 10.1 Å². The lowest BCUT2D eigenvalue weighted by Gasteiger charge is -2.42. The average Bonchev–Trinajstić information content (AvgIpc) is 3.62. The minimum absolute atomic E-state index is 0.105. The summed E-state index contributed by atoms with van der Waals surface area (Å²) in [5.74, 6) is -5.13. The van der Waals surface area contributed by atoms with Crippen molar-refractivity contribution < 1.29 is 53.4 Å². The Kier molecular flexibility index (Phi) is 10.3. The van der Waals surface area contributed by atoms with Crippen LogP contribution in [0, 0.1) is 0 Å². The SMILES string of the molecule is COc1ccc(C2(C(=O)N3C[C@H](F)C[C@@H]3C(=O)Nc3ccc4[nH]ncc4n3)CCC(F)(F)CC2)cc1.O=S(=O)(O)CCS(=O)(=O)O. The van der Waals surface area contributed by atoms with Crippen LogP contribution in [0.5, 0.6) is 5.75 Å². The second-order valence-corrected chi connectivity index (χ2v) is 14.2. The first-order valence-corrected chi connectivity index (χ1v) is 17.1. The van der Waals surface area contributed by atoms with Gasteiger partial charge in [-0.2, -0.15) is 21.9 Å². The fraction of sp³-hybridized carbons (Fsp3) is 0.481. The van der Waals surface area contributed by atoms with Crippen molar-refractivity contribution in [3.63, 3.8) is 0 Å². The molecule has 0 spiro atoms. The van der Waals surface area contributed by atoms with Gasteiger partial charge in [0.2, 0.25) is 17.7 Å². The molecule has 2 fully saturated rings. The van der Waals surface area contributed by atoms with Gasteiger partial charge < -0.3 is 15.0 Å². The summed E-state index contributed by atoms with van der Waals surface area (Å²) in [6.45, 7) is -0.278. The minimum Gasteiger partial charge on any atom is -0.497 e. The summed E-state index contributed by atoms with van der Waals surface area (Å²) in [5, 5.41) is 9.32. The van der Waals surface area contributed by atoms with E-state index in [0.717, 1.165) is 0 Å². The van der Waals surface area contributed by atoms with Crippen LogP contribution in [0.2, 0.25) is 0 Å². The van der Waals surface area contributed by atoms with Gasteiger partial charge in [-0.1, -0.05) is 12.1 Å². The van der Waals surface area contributed by atoms with E-state index in [-0.39, 0.29) is 31.6 Å². The van der Waals surface area contributed by atoms with E-state index in [0.29, 0.717) is 22.3 Å². The molecule has 3 aromatic rings. The van der Waals surface area contributed by atoms with Gasteiger partial charge in [-0.3, -0.25) is 23.8 Å². The van der Waals surface area contributed by atoms with Gasteiger partial charge in [0.1, 0.15) is 29.3 Å². The lowest BCUT2D eigenvalue weighted by molar-refractivity contribution is -0.146. The number of H-pyrrole nitrogens is 1. The monoisotopic (exact) mass is 691 g/mol. The first kappa shape index (κ1) is 35.1. The Morgan fingerprint density at radius 2 is 1.63 bits per heavy atom. The summed E-state index contributed by atoms with van der Waals surface area (Å²) in [6, 6.07) is 8.88. The molecule has 1 aromatic carbocycles. The highest BCUT2D eigenvalue weighted by atomic mass is 32.2. The third-order valence-electron chi connectivity index (χ3n) is 7.85. The van der Waals surface area contributed by atoms with Crippen LogP contribution in [0.15, 0.2) is 42.6 Å². The number of nitrogens with one attached hydrogen (secondary N) is 2. The van der Waals surface area contributed by atoms with E-state index in [1.54, 1.807) is 36.4 Å². The number of likely N-dealkylation sites (tertiary alicyclic amines) is 1. The Balaban J connectivity index is 0.000000416. The summed E-state index contributed by atoms with van der Waals surface area (Å²) in [6.07, 6.45) is -1.23. The third kappa shape index (κ3) is 8.71. The van der Waals surface area contributed by atoms with Gasteiger partial charge >= 0.3 is 0 Å². The number of ether oxygens (including phenoxy) is 1. The number of fused-ring (bicyclic) bond motifs is 1. The molecule has 14 nitrogen and oxygen atoms in total. The molecular weight excluding hydrogens is 659 g/mol. The van der Waals surface area contributed by atoms with Crippen molar-refractivity contribution in [3.05, 3.63) is 48.2 Å². The van der Waals surface area contributed by atoms with Gasteiger partial charge in [-0.05, 0) is 42.7 Å². The highest BCUT2D eigenvalue weighted by Crippen LogP contribution is 2.47. The van der Waals surface area contributed by atoms with Crippen molar-refractivity contribution in [2.75, 3.05) is 30.5 Å². The number of hydrogen-bond acceptors (Lipinski definition) is 9. The number of amides is 2. The fourth-order valence-corrected chi connectivity index (χ4v) is 7.12. The number of anilines is 1. The van der Waals surface area contributed by atoms with E-state index >= 15 is 0 Å². The van der Waals surface area contributed by atoms with Gasteiger partial charge in [-0.15, -0.1) is 0 Å². The first-order chi connectivity index (χ1) is 21.4. The number of carbonyl (C=O) groups excluding carboxylic acids is 2. The lowest BCUT2D eigenvalue weighted by atomic mass is 9.67. The molecule has 46 heavy (non-hydrogen) atoms. The molecule has 2 atom stereocenters. The highest BCUT2D eigenvalue weighted by molar-refractivity contribution is 7.89. The zero-order valence-corrected chi connectivity index (χ0v) is 26.0. The number of alkyl halides is 3. The number of hydrogen-bond donors (Lipinski definition) is 4. The van der Waals surface area contributed by atoms with E-state index in [9.17, 15) is 39.6 Å². The normalized spacial score (nSPS) is 20.9. The van der Waals surface area contributed by atoms with Crippen LogP contribution in [0.1, 0.15) is 37.7 Å². The van der Waals surface area contributed by atoms with E-state index in [1.165, 1.54) is 18.2 Å². The molecule has 0 radical (unpaired) electrons. The smallest absolute Gasteiger partial charge is 0.265 e. The highest BCUT2D eigenvalue weighted by Gasteiger charge is 2.53. The third-order valence-corrected chi connectivity index (χ3v) is 9.55. The molecule has 1 saturated heterocycles. The molecule has 2 aliphatic rings. The molecule has 2 aromatic heterocycles. The number of rotatable bonds is 8. The summed E-state index contributed by atoms with van der Waals surface area (Å²) in [5.41, 5.74) is 0.490. The number of methoxy groups -OCH3 is 1. The van der Waals surface area contributed by atoms with Gasteiger partial charge in [0, 0.05) is 19.3 Å². The van der Waals surface area contributed by atoms with Crippen LogP contribution in [0.4, 0.5) is 19.0 Å². The Morgan fingerprint density at radius 1 is 1.02 bits per heavy atom. The molecule has 19 heteroatoms. The molecule has 1 aliphatic heterocycles. The Hall–Kier alpha value is -3.81. The fourth-order valence-electron chi connectivity index (χ4n) is 5.43. The van der Waals surface area contributed by atoms with Crippen LogP contribution in [0.3, 0.4) is 0 Å². The van der Waals surface area contributed by atoms with Gasteiger partial charge in [0.15, 0.2) is 0 Å². The summed E-state index contributed by atoms with van der Waals surface area (Å²) >= 11 is 0. The van der Waals surface area contributed by atoms with E-state index < -0.39 is 79.9 Å². The maximum absolute atomic E-state index is 14.6. The van der Waals surface area contributed by atoms with Crippen LogP contribution >= 0.6 is 0 Å². The number of aromatic nitrogens is 3. The van der Waals surface area contributed by atoms with Crippen molar-refractivity contribution in [1.82, 2.24) is 20.1 Å². The number of pyridine rings is 1. The van der Waals surface area contributed by atoms with E-state index in [2.05, 4.69) is 20.5 Å². The van der Waals surface area contributed by atoms with Crippen molar-refractivity contribution in [2.45, 2.75) is 55.7 Å². The minimum atomic E-state index is -4.30. The Morgan fingerprint density at radius 3 is 2.20 bits per heavy atom. The van der Waals surface area contributed by atoms with Crippen molar-refractivity contribution >= 4 is 48.9 Å². The van der Waals surface area contributed by atoms with Crippen LogP contribution in [-0.4, -0.2) is 101 Å². The Bertz CT molecular complexity index is 1750. The second kappa shape index (κ2) is 13.5. The largest absolute Gasteiger partial charge is 0.497 e. The van der Waals surface area contributed by atoms with E-state index in [4.69, 9.17) is 13.8 Å². The molecule has 4 N–H and O–H groups in total. The zero-order valence-electron chi connectivity index (χ0n) is 24.4. The maximum Gasteiger partial charge on any atom is 0.265 e. The predicted molar refractivity (Wildman–Crippen MR) is 158 cm³/mol. The number of benzene rings is 1. The van der Waals surface area contributed by atoms with E-state index in [1.807, 2.05) is 0 Å². The van der Waals surface area contributed by atoms with Gasteiger partial charge in [-0.25, -0.2) is 18.2 Å². The van der Waals surface area contributed by atoms with Crippen LogP contribution in [-0.2, 0) is 35.2 Å². The predicted octanol–water partition coefficient (Wildman–Crippen LogP) is 2.75. The molecule has 1 aliphatic carbocycles. The molecule has 0 bridgehead atoms. The van der Waals surface area contributed by atoms with Gasteiger partial charge in [0.05, 0.1) is 42.3 Å². The van der Waals surface area contributed by atoms with Gasteiger partial charge in [0.25, 0.3) is 20.2 Å². The molecule has 2 amide bonds. The number of aromatic amines is 1. The van der Waals surface area contributed by atoms with Crippen molar-refractivity contribution in [2.24, 2.45) is 0 Å². The first-order valence-electron chi connectivity index (χ1n) is 13.9.